The number of fused-ring (bicyclic) bond motifs is 1. The summed E-state index contributed by atoms with van der Waals surface area (Å²) in [6.45, 7) is 4.27. The highest BCUT2D eigenvalue weighted by atomic mass is 19.1. The van der Waals surface area contributed by atoms with Crippen LogP contribution in [0, 0.1) is 11.7 Å². The maximum Gasteiger partial charge on any atom is 0.341 e. The minimum atomic E-state index is -0.636. The smallest absolute Gasteiger partial charge is 0.341 e. The SMILES string of the molecule is CCCC1CCC(OCOc2ccc3c(c2F)C(=O)OC(CCC)C3)CC1. The topological polar surface area (TPSA) is 44.8 Å². The van der Waals surface area contributed by atoms with Gasteiger partial charge in [0.15, 0.2) is 18.4 Å². The van der Waals surface area contributed by atoms with Crippen LogP contribution in [-0.2, 0) is 15.9 Å². The number of hydrogen-bond donors (Lipinski definition) is 0. The van der Waals surface area contributed by atoms with E-state index in [4.69, 9.17) is 14.2 Å². The van der Waals surface area contributed by atoms with Crippen LogP contribution in [0.4, 0.5) is 4.39 Å². The van der Waals surface area contributed by atoms with Crippen molar-refractivity contribution in [3.63, 3.8) is 0 Å². The number of benzene rings is 1. The third-order valence-corrected chi connectivity index (χ3v) is 5.74. The lowest BCUT2D eigenvalue weighted by Gasteiger charge is -2.28. The first kappa shape index (κ1) is 20.1. The molecule has 0 N–H and O–H groups in total. The molecule has 1 aromatic carbocycles. The minimum Gasteiger partial charge on any atom is -0.464 e. The Hall–Kier alpha value is -1.62. The summed E-state index contributed by atoms with van der Waals surface area (Å²) in [5.74, 6) is -0.355. The van der Waals surface area contributed by atoms with E-state index in [2.05, 4.69) is 6.92 Å². The molecule has 1 fully saturated rings. The molecule has 0 amide bonds. The second-order valence-corrected chi connectivity index (χ2v) is 7.79. The van der Waals surface area contributed by atoms with E-state index in [-0.39, 0.29) is 30.3 Å². The summed E-state index contributed by atoms with van der Waals surface area (Å²) in [5.41, 5.74) is 0.713. The van der Waals surface area contributed by atoms with Crippen molar-refractivity contribution in [3.05, 3.63) is 29.1 Å². The lowest BCUT2D eigenvalue weighted by molar-refractivity contribution is -0.0566. The highest BCUT2D eigenvalue weighted by molar-refractivity contribution is 5.93. The van der Waals surface area contributed by atoms with Gasteiger partial charge in [-0.15, -0.1) is 0 Å². The van der Waals surface area contributed by atoms with Gasteiger partial charge in [0.25, 0.3) is 0 Å². The maximum absolute atomic E-state index is 14.7. The van der Waals surface area contributed by atoms with Gasteiger partial charge in [-0.05, 0) is 49.7 Å². The van der Waals surface area contributed by atoms with E-state index in [0.717, 1.165) is 31.6 Å². The monoisotopic (exact) mass is 378 g/mol. The Morgan fingerprint density at radius 2 is 1.85 bits per heavy atom. The fourth-order valence-electron chi connectivity index (χ4n) is 4.27. The summed E-state index contributed by atoms with van der Waals surface area (Å²) < 4.78 is 31.4. The molecular weight excluding hydrogens is 347 g/mol. The molecular formula is C22H31FO4. The molecule has 4 nitrogen and oxygen atoms in total. The predicted octanol–water partition coefficient (Wildman–Crippen LogP) is 5.42. The summed E-state index contributed by atoms with van der Waals surface area (Å²) in [7, 11) is 0. The predicted molar refractivity (Wildman–Crippen MR) is 101 cm³/mol. The molecule has 0 spiro atoms. The molecule has 0 aromatic heterocycles. The highest BCUT2D eigenvalue weighted by Crippen LogP contribution is 2.32. The summed E-state index contributed by atoms with van der Waals surface area (Å²) in [6, 6.07) is 3.37. The van der Waals surface area contributed by atoms with Gasteiger partial charge in [0, 0.05) is 6.42 Å². The van der Waals surface area contributed by atoms with E-state index < -0.39 is 11.8 Å². The van der Waals surface area contributed by atoms with Crippen molar-refractivity contribution < 1.29 is 23.4 Å². The molecule has 5 heteroatoms. The zero-order chi connectivity index (χ0) is 19.2. The van der Waals surface area contributed by atoms with Crippen LogP contribution in [0.1, 0.15) is 81.1 Å². The molecule has 1 unspecified atom stereocenters. The minimum absolute atomic E-state index is 0.00627. The van der Waals surface area contributed by atoms with Crippen molar-refractivity contribution in [3.8, 4) is 5.75 Å². The van der Waals surface area contributed by atoms with Crippen LogP contribution < -0.4 is 4.74 Å². The Morgan fingerprint density at radius 1 is 1.11 bits per heavy atom. The molecule has 1 aromatic rings. The van der Waals surface area contributed by atoms with Crippen molar-refractivity contribution in [1.29, 1.82) is 0 Å². The summed E-state index contributed by atoms with van der Waals surface area (Å²) in [5, 5.41) is 0. The first-order valence-electron chi connectivity index (χ1n) is 10.4. The normalized spacial score (nSPS) is 25.0. The second kappa shape index (κ2) is 9.54. The molecule has 1 heterocycles. The molecule has 1 atom stereocenters. The Bertz CT molecular complexity index is 637. The number of carbonyl (C=O) groups excluding carboxylic acids is 1. The van der Waals surface area contributed by atoms with Crippen LogP contribution in [0.5, 0.6) is 5.75 Å². The molecule has 2 aliphatic rings. The highest BCUT2D eigenvalue weighted by Gasteiger charge is 2.30. The van der Waals surface area contributed by atoms with Gasteiger partial charge in [0.05, 0.1) is 6.10 Å². The Labute approximate surface area is 161 Å². The summed E-state index contributed by atoms with van der Waals surface area (Å²) in [6.07, 6.45) is 9.27. The number of cyclic esters (lactones) is 1. The lowest BCUT2D eigenvalue weighted by Crippen LogP contribution is -2.29. The van der Waals surface area contributed by atoms with Crippen LogP contribution in [0.15, 0.2) is 12.1 Å². The van der Waals surface area contributed by atoms with Crippen molar-refractivity contribution in [1.82, 2.24) is 0 Å². The lowest BCUT2D eigenvalue weighted by atomic mass is 9.85. The number of ether oxygens (including phenoxy) is 3. The van der Waals surface area contributed by atoms with Gasteiger partial charge >= 0.3 is 5.97 Å². The zero-order valence-electron chi connectivity index (χ0n) is 16.5. The average molecular weight is 378 g/mol. The van der Waals surface area contributed by atoms with Crippen molar-refractivity contribution >= 4 is 5.97 Å². The first-order valence-corrected chi connectivity index (χ1v) is 10.4. The van der Waals surface area contributed by atoms with Gasteiger partial charge in [0.1, 0.15) is 11.7 Å². The Balaban J connectivity index is 1.53. The van der Waals surface area contributed by atoms with Gasteiger partial charge in [-0.25, -0.2) is 9.18 Å². The van der Waals surface area contributed by atoms with Crippen molar-refractivity contribution in [2.45, 2.75) is 83.8 Å². The summed E-state index contributed by atoms with van der Waals surface area (Å²) >= 11 is 0. The first-order chi connectivity index (χ1) is 13.1. The zero-order valence-corrected chi connectivity index (χ0v) is 16.5. The molecule has 0 radical (unpaired) electrons. The van der Waals surface area contributed by atoms with E-state index in [1.807, 2.05) is 6.92 Å². The average Bonchev–Trinajstić information content (AvgIpc) is 2.65. The molecule has 1 aliphatic carbocycles. The number of carbonyl (C=O) groups is 1. The molecule has 150 valence electrons. The van der Waals surface area contributed by atoms with E-state index in [0.29, 0.717) is 12.0 Å². The molecule has 27 heavy (non-hydrogen) atoms. The maximum atomic E-state index is 14.7. The third-order valence-electron chi connectivity index (χ3n) is 5.74. The van der Waals surface area contributed by atoms with E-state index in [1.54, 1.807) is 12.1 Å². The number of halogens is 1. The van der Waals surface area contributed by atoms with Crippen molar-refractivity contribution in [2.24, 2.45) is 5.92 Å². The quantitative estimate of drug-likeness (QED) is 0.448. The molecule has 0 bridgehead atoms. The molecule has 0 saturated heterocycles. The van der Waals surface area contributed by atoms with Crippen LogP contribution >= 0.6 is 0 Å². The van der Waals surface area contributed by atoms with E-state index in [9.17, 15) is 9.18 Å². The van der Waals surface area contributed by atoms with E-state index in [1.165, 1.54) is 25.7 Å². The largest absolute Gasteiger partial charge is 0.464 e. The fourth-order valence-corrected chi connectivity index (χ4v) is 4.27. The number of esters is 1. The van der Waals surface area contributed by atoms with Crippen LogP contribution in [0.25, 0.3) is 0 Å². The van der Waals surface area contributed by atoms with Crippen molar-refractivity contribution in [2.75, 3.05) is 6.79 Å². The van der Waals surface area contributed by atoms with Gasteiger partial charge in [-0.1, -0.05) is 39.2 Å². The summed E-state index contributed by atoms with van der Waals surface area (Å²) in [4.78, 5) is 12.2. The van der Waals surface area contributed by atoms with Gasteiger partial charge in [-0.3, -0.25) is 0 Å². The van der Waals surface area contributed by atoms with Gasteiger partial charge in [0.2, 0.25) is 0 Å². The second-order valence-electron chi connectivity index (χ2n) is 7.79. The van der Waals surface area contributed by atoms with E-state index >= 15 is 0 Å². The number of rotatable bonds is 8. The third kappa shape index (κ3) is 5.01. The standard InChI is InChI=1S/C22H31FO4/c1-3-5-15-7-10-17(11-8-15)25-14-26-19-12-9-16-13-18(6-4-2)27-22(24)20(16)21(19)23/h9,12,15,17-18H,3-8,10-11,13-14H2,1-2H3. The molecule has 1 aliphatic heterocycles. The van der Waals surface area contributed by atoms with Crippen LogP contribution in [0.2, 0.25) is 0 Å². The number of hydrogen-bond acceptors (Lipinski definition) is 4. The van der Waals surface area contributed by atoms with Gasteiger partial charge in [-0.2, -0.15) is 0 Å². The molecule has 1 saturated carbocycles. The van der Waals surface area contributed by atoms with Crippen LogP contribution in [-0.4, -0.2) is 25.0 Å². The van der Waals surface area contributed by atoms with Crippen LogP contribution in [0.3, 0.4) is 0 Å². The molecule has 3 rings (SSSR count). The Kier molecular flexibility index (Phi) is 7.11. The fraction of sp³-hybridized carbons (Fsp3) is 0.682. The Morgan fingerprint density at radius 3 is 2.56 bits per heavy atom. The van der Waals surface area contributed by atoms with Gasteiger partial charge < -0.3 is 14.2 Å².